The van der Waals surface area contributed by atoms with Gasteiger partial charge in [0.05, 0.1) is 16.7 Å². The van der Waals surface area contributed by atoms with E-state index < -0.39 is 0 Å². The molecule has 5 nitrogen and oxygen atoms in total. The van der Waals surface area contributed by atoms with E-state index in [0.717, 1.165) is 47.7 Å². The Labute approximate surface area is 606 Å². The average Bonchev–Trinajstić information content (AvgIpc) is 1.70. The number of rotatable bonds is 4. The van der Waals surface area contributed by atoms with Gasteiger partial charge in [-0.25, -0.2) is 0 Å². The van der Waals surface area contributed by atoms with Crippen molar-refractivity contribution in [2.24, 2.45) is 0 Å². The van der Waals surface area contributed by atoms with Crippen molar-refractivity contribution in [2.45, 2.75) is 45.8 Å². The van der Waals surface area contributed by atoms with Gasteiger partial charge in [-0.2, -0.15) is 13.7 Å². The molecule has 0 bridgehead atoms. The van der Waals surface area contributed by atoms with Gasteiger partial charge in [-0.05, 0) is 125 Å². The number of nitrogens with zero attached hydrogens (tertiary/aromatic N) is 5. The van der Waals surface area contributed by atoms with E-state index >= 15 is 0 Å². The molecule has 20 rings (SSSR count). The second-order valence-corrected chi connectivity index (χ2v) is 26.0. The van der Waals surface area contributed by atoms with Crippen LogP contribution in [0.4, 0.5) is 0 Å². The van der Waals surface area contributed by atoms with Crippen LogP contribution in [0.5, 0.6) is 0 Å². The summed E-state index contributed by atoms with van der Waals surface area (Å²) in [6, 6.07) is 116. The maximum absolute atomic E-state index is 4.40. The fourth-order valence-corrected chi connectivity index (χ4v) is 14.5. The molecule has 17 aromatic rings. The number of hydrogen-bond acceptors (Lipinski definition) is 2. The molecule has 3 aliphatic heterocycles. The normalized spacial score (nSPS) is 11.7. The van der Waals surface area contributed by atoms with Gasteiger partial charge in [-0.15, -0.1) is 65.2 Å². The molecule has 8 heterocycles. The predicted octanol–water partition coefficient (Wildman–Crippen LogP) is 20.9. The van der Waals surface area contributed by atoms with Crippen LogP contribution < -0.4 is 13.7 Å². The minimum absolute atomic E-state index is 0. The van der Waals surface area contributed by atoms with Gasteiger partial charge in [-0.3, -0.25) is 0 Å². The Balaban J connectivity index is 0.000000106. The molecule has 5 aromatic heterocycles. The van der Waals surface area contributed by atoms with Crippen LogP contribution >= 0.6 is 0 Å². The van der Waals surface area contributed by atoms with Crippen molar-refractivity contribution in [3.05, 3.63) is 369 Å². The first-order valence-corrected chi connectivity index (χ1v) is 33.5. The van der Waals surface area contributed by atoms with Crippen LogP contribution in [0.25, 0.3) is 133 Å². The standard InChI is InChI=1S/C22H14N.C20H14N.C18H14N.C17H12N.C15H16N.2Ir/c1-2-11-23-13-17-12-16-8-7-14-4-3-5-15-9-10-18(22(16)20(14)15)21(17)19(23)6-1;1-2-9-16-14(7-1)15-8-3-4-10-17(15)20-18(16)13-21-12-6-5-11-19(20)21;1-2-7-14(8-3-1)17-11-6-12-18-16-10-5-4-9-15(16)13-19(17)18;1-2-8-14(9-3-1)15-10-4-5-11-16(15)17-12-6-7-13-18-17;1-15(2,3)13-9-7-12(8-10-13)14-6-4-5-11-16-14;;/h1-12H,13H2;1-12H,13H2;1-12H,13H2;1-10,12-13H;4-7,9-11H,1-3H3;;/q3*+1;2*-1;;. The molecule has 2 radical (unpaired) electrons. The van der Waals surface area contributed by atoms with Crippen LogP contribution in [-0.4, -0.2) is 9.97 Å². The Hall–Kier alpha value is -10.8. The van der Waals surface area contributed by atoms with E-state index in [4.69, 9.17) is 0 Å². The zero-order chi connectivity index (χ0) is 65.2. The molecule has 0 unspecified atom stereocenters. The maximum Gasteiger partial charge on any atom is 0.213 e. The molecule has 0 aliphatic carbocycles. The minimum Gasteiger partial charge on any atom is -0.305 e. The van der Waals surface area contributed by atoms with E-state index in [9.17, 15) is 0 Å². The average molecular weight is 1630 g/mol. The first-order valence-electron chi connectivity index (χ1n) is 33.5. The van der Waals surface area contributed by atoms with Gasteiger partial charge in [0.2, 0.25) is 22.8 Å². The van der Waals surface area contributed by atoms with Crippen molar-refractivity contribution >= 4 is 53.9 Å². The third-order valence-corrected chi connectivity index (χ3v) is 19.1. The molecule has 0 amide bonds. The van der Waals surface area contributed by atoms with Crippen molar-refractivity contribution in [1.29, 1.82) is 0 Å². The summed E-state index contributed by atoms with van der Waals surface area (Å²) in [6.45, 7) is 9.53. The molecule has 3 aliphatic rings. The van der Waals surface area contributed by atoms with E-state index in [-0.39, 0.29) is 45.6 Å². The van der Waals surface area contributed by atoms with Crippen LogP contribution in [0.2, 0.25) is 0 Å². The Bertz CT molecular complexity index is 5630. The summed E-state index contributed by atoms with van der Waals surface area (Å²) >= 11 is 0. The molecular formula is C92H70Ir2N5+. The molecule has 0 saturated carbocycles. The smallest absolute Gasteiger partial charge is 0.213 e. The quantitative estimate of drug-likeness (QED) is 0.100. The molecular weight excluding hydrogens is 1560 g/mol. The van der Waals surface area contributed by atoms with Crippen LogP contribution in [0.1, 0.15) is 43.0 Å². The minimum atomic E-state index is 0. The summed E-state index contributed by atoms with van der Waals surface area (Å²) in [7, 11) is 0. The number of hydrogen-bond donors (Lipinski definition) is 0. The molecule has 12 aromatic carbocycles. The van der Waals surface area contributed by atoms with E-state index in [0.29, 0.717) is 0 Å². The van der Waals surface area contributed by atoms with Gasteiger partial charge in [0.15, 0.2) is 32.0 Å². The SMILES string of the molecule is CC(C)(C)c1c[c-]c(-c2ccccn2)cc1.[Ir].[Ir].[c-]1cccc(-c2ccccc2)c1-c1ccccn1.c1cc[n+]2c(c1)-c1c(c3ccccc3c3ccccc13)C2.c1cc[n+]2c(c1)-c1c(cc3ccc4cccc5ccc1c3c45)C2.c1ccc(-c2cccc3[n+]2Cc2ccccc2-3)cc1. The first-order chi connectivity index (χ1) is 47.8. The van der Waals surface area contributed by atoms with E-state index in [1.807, 2.05) is 72.9 Å². The zero-order valence-electron chi connectivity index (χ0n) is 55.3. The summed E-state index contributed by atoms with van der Waals surface area (Å²) in [4.78, 5) is 8.71. The van der Waals surface area contributed by atoms with Crippen molar-refractivity contribution in [3.8, 4) is 78.7 Å². The Morgan fingerprint density at radius 1 is 0.364 bits per heavy atom. The van der Waals surface area contributed by atoms with Crippen LogP contribution in [0, 0.1) is 12.1 Å². The molecule has 0 spiro atoms. The molecule has 0 fully saturated rings. The number of pyridine rings is 5. The Morgan fingerprint density at radius 3 is 1.63 bits per heavy atom. The van der Waals surface area contributed by atoms with Crippen LogP contribution in [0.3, 0.4) is 0 Å². The molecule has 7 heteroatoms. The Kier molecular flexibility index (Phi) is 19.0. The second kappa shape index (κ2) is 28.8. The van der Waals surface area contributed by atoms with Crippen molar-refractivity contribution in [2.75, 3.05) is 0 Å². The second-order valence-electron chi connectivity index (χ2n) is 26.0. The third-order valence-electron chi connectivity index (χ3n) is 19.1. The third kappa shape index (κ3) is 13.0. The van der Waals surface area contributed by atoms with Gasteiger partial charge in [0.1, 0.15) is 0 Å². The van der Waals surface area contributed by atoms with Crippen LogP contribution in [0.15, 0.2) is 334 Å². The molecule has 99 heavy (non-hydrogen) atoms. The number of aromatic nitrogens is 5. The van der Waals surface area contributed by atoms with E-state index in [2.05, 4.69) is 312 Å². The fraction of sp³-hybridized carbons (Fsp3) is 0.0761. The topological polar surface area (TPSA) is 37.4 Å². The summed E-state index contributed by atoms with van der Waals surface area (Å²) in [5.41, 5.74) is 22.9. The summed E-state index contributed by atoms with van der Waals surface area (Å²) in [6.07, 6.45) is 7.98. The largest absolute Gasteiger partial charge is 0.305 e. The predicted molar refractivity (Wildman–Crippen MR) is 399 cm³/mol. The maximum atomic E-state index is 4.40. The first kappa shape index (κ1) is 65.5. The van der Waals surface area contributed by atoms with Gasteiger partial charge >= 0.3 is 0 Å². The van der Waals surface area contributed by atoms with E-state index in [1.54, 1.807) is 6.20 Å². The van der Waals surface area contributed by atoms with Gasteiger partial charge < -0.3 is 9.97 Å². The fourth-order valence-electron chi connectivity index (χ4n) is 14.5. The van der Waals surface area contributed by atoms with Gasteiger partial charge in [0, 0.05) is 111 Å². The molecule has 0 atom stereocenters. The van der Waals surface area contributed by atoms with Gasteiger partial charge in [-0.1, -0.05) is 214 Å². The number of benzene rings is 12. The molecule has 0 saturated heterocycles. The van der Waals surface area contributed by atoms with Crippen molar-refractivity contribution < 1.29 is 53.9 Å². The van der Waals surface area contributed by atoms with Crippen molar-refractivity contribution in [1.82, 2.24) is 9.97 Å². The molecule has 480 valence electrons. The van der Waals surface area contributed by atoms with Crippen molar-refractivity contribution in [3.63, 3.8) is 0 Å². The van der Waals surface area contributed by atoms with Crippen LogP contribution in [-0.2, 0) is 65.3 Å². The summed E-state index contributed by atoms with van der Waals surface area (Å²) in [5.74, 6) is 0. The summed E-state index contributed by atoms with van der Waals surface area (Å²) < 4.78 is 7.11. The number of fused-ring (bicyclic) bond motifs is 15. The summed E-state index contributed by atoms with van der Waals surface area (Å²) in [5, 5.41) is 13.7. The zero-order valence-corrected chi connectivity index (χ0v) is 60.1. The van der Waals surface area contributed by atoms with Gasteiger partial charge in [0.25, 0.3) is 0 Å². The van der Waals surface area contributed by atoms with E-state index in [1.165, 1.54) is 127 Å². The Morgan fingerprint density at radius 2 is 0.929 bits per heavy atom. The monoisotopic (exact) mass is 1630 g/mol. The molecule has 0 N–H and O–H groups in total.